The van der Waals surface area contributed by atoms with Crippen molar-refractivity contribution in [3.8, 4) is 11.4 Å². The lowest BCUT2D eigenvalue weighted by Crippen LogP contribution is -2.26. The molecule has 1 amide bonds. The van der Waals surface area contributed by atoms with Gasteiger partial charge in [-0.2, -0.15) is 4.98 Å². The first-order valence-corrected chi connectivity index (χ1v) is 7.56. The quantitative estimate of drug-likeness (QED) is 0.708. The average molecular weight is 359 g/mol. The third-order valence-corrected chi connectivity index (χ3v) is 3.28. The summed E-state index contributed by atoms with van der Waals surface area (Å²) in [5.74, 6) is 1.02. The number of carbonyl (C=O) groups excluding carboxylic acids is 1. The molecule has 0 aliphatic carbocycles. The molecule has 0 saturated heterocycles. The molecule has 0 saturated carbocycles. The van der Waals surface area contributed by atoms with Crippen LogP contribution in [0.25, 0.3) is 11.4 Å². The van der Waals surface area contributed by atoms with Gasteiger partial charge in [-0.15, -0.1) is 12.4 Å². The smallest absolute Gasteiger partial charge is 0.228 e. The molecule has 8 heteroatoms. The van der Waals surface area contributed by atoms with E-state index in [-0.39, 0.29) is 18.3 Å². The van der Waals surface area contributed by atoms with Gasteiger partial charge in [0.2, 0.25) is 17.6 Å². The predicted octanol–water partition coefficient (Wildman–Crippen LogP) is 2.47. The van der Waals surface area contributed by atoms with E-state index in [0.29, 0.717) is 36.1 Å². The molecular formula is C15H20Cl2N4O2. The van der Waals surface area contributed by atoms with E-state index < -0.39 is 0 Å². The zero-order valence-electron chi connectivity index (χ0n) is 12.8. The van der Waals surface area contributed by atoms with Crippen LogP contribution in [-0.4, -0.2) is 36.2 Å². The van der Waals surface area contributed by atoms with Crippen molar-refractivity contribution in [3.05, 3.63) is 35.2 Å². The second kappa shape index (κ2) is 10.2. The van der Waals surface area contributed by atoms with Crippen molar-refractivity contribution in [2.45, 2.75) is 19.3 Å². The molecule has 0 atom stereocenters. The molecule has 1 heterocycles. The van der Waals surface area contributed by atoms with Crippen LogP contribution in [0.5, 0.6) is 0 Å². The summed E-state index contributed by atoms with van der Waals surface area (Å²) >= 11 is 5.93. The molecule has 0 unspecified atom stereocenters. The van der Waals surface area contributed by atoms with Crippen LogP contribution in [0.4, 0.5) is 0 Å². The van der Waals surface area contributed by atoms with Crippen molar-refractivity contribution in [2.24, 2.45) is 0 Å². The highest BCUT2D eigenvalue weighted by Gasteiger charge is 2.09. The maximum atomic E-state index is 11.6. The molecule has 0 aliphatic heterocycles. The highest BCUT2D eigenvalue weighted by molar-refractivity contribution is 6.30. The van der Waals surface area contributed by atoms with Crippen molar-refractivity contribution >= 4 is 29.9 Å². The SMILES string of the molecule is CNCCCC(=O)NCCc1nc(-c2cccc(Cl)c2)no1.Cl. The monoisotopic (exact) mass is 358 g/mol. The summed E-state index contributed by atoms with van der Waals surface area (Å²) in [6.07, 6.45) is 1.84. The van der Waals surface area contributed by atoms with Crippen molar-refractivity contribution in [3.63, 3.8) is 0 Å². The number of nitrogens with one attached hydrogen (secondary N) is 2. The Balaban J connectivity index is 0.00000264. The van der Waals surface area contributed by atoms with Gasteiger partial charge in [0.1, 0.15) is 0 Å². The van der Waals surface area contributed by atoms with Crippen LogP contribution in [0, 0.1) is 0 Å². The molecular weight excluding hydrogens is 339 g/mol. The number of rotatable bonds is 8. The van der Waals surface area contributed by atoms with Gasteiger partial charge in [-0.3, -0.25) is 4.79 Å². The molecule has 126 valence electrons. The largest absolute Gasteiger partial charge is 0.356 e. The fourth-order valence-electron chi connectivity index (χ4n) is 1.92. The van der Waals surface area contributed by atoms with Gasteiger partial charge in [0.05, 0.1) is 0 Å². The first kappa shape index (κ1) is 19.4. The summed E-state index contributed by atoms with van der Waals surface area (Å²) in [5.41, 5.74) is 0.804. The van der Waals surface area contributed by atoms with Crippen LogP contribution in [-0.2, 0) is 11.2 Å². The number of aromatic nitrogens is 2. The Morgan fingerprint density at radius 1 is 1.35 bits per heavy atom. The maximum Gasteiger partial charge on any atom is 0.228 e. The van der Waals surface area contributed by atoms with Crippen molar-refractivity contribution in [2.75, 3.05) is 20.1 Å². The van der Waals surface area contributed by atoms with Gasteiger partial charge in [-0.05, 0) is 32.1 Å². The van der Waals surface area contributed by atoms with Gasteiger partial charge in [0.25, 0.3) is 0 Å². The second-order valence-electron chi connectivity index (χ2n) is 4.83. The van der Waals surface area contributed by atoms with Crippen molar-refractivity contribution in [1.82, 2.24) is 20.8 Å². The fourth-order valence-corrected chi connectivity index (χ4v) is 2.11. The lowest BCUT2D eigenvalue weighted by atomic mass is 10.2. The van der Waals surface area contributed by atoms with E-state index >= 15 is 0 Å². The molecule has 0 bridgehead atoms. The van der Waals surface area contributed by atoms with Crippen LogP contribution >= 0.6 is 24.0 Å². The standard InChI is InChI=1S/C15H19ClN4O2.ClH/c1-17-8-3-6-13(21)18-9-7-14-19-15(20-22-14)11-4-2-5-12(16)10-11;/h2,4-5,10,17H,3,6-9H2,1H3,(H,18,21);1H. The van der Waals surface area contributed by atoms with Gasteiger partial charge in [0.15, 0.2) is 0 Å². The van der Waals surface area contributed by atoms with Crippen molar-refractivity contribution in [1.29, 1.82) is 0 Å². The average Bonchev–Trinajstić information content (AvgIpc) is 2.96. The zero-order valence-corrected chi connectivity index (χ0v) is 14.4. The van der Waals surface area contributed by atoms with Crippen LogP contribution in [0.15, 0.2) is 28.8 Å². The molecule has 2 N–H and O–H groups in total. The lowest BCUT2D eigenvalue weighted by molar-refractivity contribution is -0.121. The predicted molar refractivity (Wildman–Crippen MR) is 91.9 cm³/mol. The van der Waals surface area contributed by atoms with E-state index in [1.54, 1.807) is 12.1 Å². The molecule has 2 aromatic rings. The van der Waals surface area contributed by atoms with E-state index in [2.05, 4.69) is 20.8 Å². The Morgan fingerprint density at radius 2 is 2.17 bits per heavy atom. The number of hydrogen-bond donors (Lipinski definition) is 2. The van der Waals surface area contributed by atoms with E-state index in [1.165, 1.54) is 0 Å². The van der Waals surface area contributed by atoms with Gasteiger partial charge >= 0.3 is 0 Å². The van der Waals surface area contributed by atoms with Gasteiger partial charge < -0.3 is 15.2 Å². The summed E-state index contributed by atoms with van der Waals surface area (Å²) in [4.78, 5) is 15.8. The van der Waals surface area contributed by atoms with Gasteiger partial charge in [-0.25, -0.2) is 0 Å². The molecule has 1 aromatic heterocycles. The first-order chi connectivity index (χ1) is 10.7. The van der Waals surface area contributed by atoms with Crippen molar-refractivity contribution < 1.29 is 9.32 Å². The Kier molecular flexibility index (Phi) is 8.61. The van der Waals surface area contributed by atoms with Gasteiger partial charge in [0, 0.05) is 30.0 Å². The van der Waals surface area contributed by atoms with Crippen LogP contribution in [0.3, 0.4) is 0 Å². The Labute approximate surface area is 146 Å². The maximum absolute atomic E-state index is 11.6. The van der Waals surface area contributed by atoms with Crippen LogP contribution < -0.4 is 10.6 Å². The first-order valence-electron chi connectivity index (χ1n) is 7.19. The topological polar surface area (TPSA) is 80.0 Å². The molecule has 0 spiro atoms. The number of carbonyl (C=O) groups is 1. The number of halogens is 2. The summed E-state index contributed by atoms with van der Waals surface area (Å²) < 4.78 is 5.17. The summed E-state index contributed by atoms with van der Waals surface area (Å²) in [7, 11) is 1.87. The van der Waals surface area contributed by atoms with Crippen LogP contribution in [0.1, 0.15) is 18.7 Å². The summed E-state index contributed by atoms with van der Waals surface area (Å²) in [6.45, 7) is 1.32. The van der Waals surface area contributed by atoms with E-state index in [0.717, 1.165) is 18.5 Å². The molecule has 0 aliphatic rings. The van der Waals surface area contributed by atoms with E-state index in [1.807, 2.05) is 19.2 Å². The van der Waals surface area contributed by atoms with Crippen LogP contribution in [0.2, 0.25) is 5.02 Å². The Bertz CT molecular complexity index is 619. The fraction of sp³-hybridized carbons (Fsp3) is 0.400. The van der Waals surface area contributed by atoms with E-state index in [4.69, 9.17) is 16.1 Å². The van der Waals surface area contributed by atoms with Gasteiger partial charge in [-0.1, -0.05) is 28.9 Å². The highest BCUT2D eigenvalue weighted by atomic mass is 35.5. The Hall–Kier alpha value is -1.63. The minimum atomic E-state index is 0. The lowest BCUT2D eigenvalue weighted by Gasteiger charge is -2.02. The molecule has 23 heavy (non-hydrogen) atoms. The summed E-state index contributed by atoms with van der Waals surface area (Å²) in [5, 5.41) is 10.4. The molecule has 0 radical (unpaired) electrons. The number of amides is 1. The second-order valence-corrected chi connectivity index (χ2v) is 5.27. The minimum absolute atomic E-state index is 0. The third-order valence-electron chi connectivity index (χ3n) is 3.04. The molecule has 2 rings (SSSR count). The number of benzene rings is 1. The number of nitrogens with zero attached hydrogens (tertiary/aromatic N) is 2. The highest BCUT2D eigenvalue weighted by Crippen LogP contribution is 2.19. The van der Waals surface area contributed by atoms with E-state index in [9.17, 15) is 4.79 Å². The summed E-state index contributed by atoms with van der Waals surface area (Å²) in [6, 6.07) is 7.26. The normalized spacial score (nSPS) is 10.2. The minimum Gasteiger partial charge on any atom is -0.356 e. The third kappa shape index (κ3) is 6.56. The molecule has 1 aromatic carbocycles. The Morgan fingerprint density at radius 3 is 2.91 bits per heavy atom. The number of hydrogen-bond acceptors (Lipinski definition) is 5. The zero-order chi connectivity index (χ0) is 15.8. The molecule has 0 fully saturated rings. The molecule has 6 nitrogen and oxygen atoms in total.